The minimum Gasteiger partial charge on any atom is -0.477 e. The summed E-state index contributed by atoms with van der Waals surface area (Å²) >= 11 is 0. The number of carboxylic acid groups (broad SMARTS) is 1. The van der Waals surface area contributed by atoms with Crippen molar-refractivity contribution >= 4 is 5.97 Å². The average molecular weight is 284 g/mol. The highest BCUT2D eigenvalue weighted by Gasteiger charge is 2.30. The van der Waals surface area contributed by atoms with E-state index in [1.54, 1.807) is 0 Å². The van der Waals surface area contributed by atoms with Gasteiger partial charge in [-0.15, -0.1) is 0 Å². The highest BCUT2D eigenvalue weighted by Crippen LogP contribution is 2.40. The van der Waals surface area contributed by atoms with E-state index < -0.39 is 11.4 Å². The Morgan fingerprint density at radius 1 is 1.33 bits per heavy atom. The molecule has 0 saturated carbocycles. The van der Waals surface area contributed by atoms with Crippen LogP contribution in [0.5, 0.6) is 0 Å². The highest BCUT2D eigenvalue weighted by atomic mass is 16.4. The van der Waals surface area contributed by atoms with E-state index >= 15 is 0 Å². The lowest BCUT2D eigenvalue weighted by molar-refractivity contribution is 0.0694. The van der Waals surface area contributed by atoms with E-state index in [1.165, 1.54) is 12.3 Å². The summed E-state index contributed by atoms with van der Waals surface area (Å²) in [6, 6.07) is 9.38. The zero-order chi connectivity index (χ0) is 15.1. The number of nitrogens with one attached hydrogen (secondary N) is 1. The topological polar surface area (TPSA) is 71.3 Å². The lowest BCUT2D eigenvalue weighted by Gasteiger charge is -2.35. The largest absolute Gasteiger partial charge is 0.477 e. The van der Waals surface area contributed by atoms with E-state index in [-0.39, 0.29) is 17.6 Å². The number of aromatic nitrogens is 1. The normalized spacial score (nSPS) is 19.7. The van der Waals surface area contributed by atoms with Crippen molar-refractivity contribution in [2.45, 2.75) is 19.0 Å². The molecule has 1 aromatic heterocycles. The van der Waals surface area contributed by atoms with Gasteiger partial charge < -0.3 is 15.0 Å². The van der Waals surface area contributed by atoms with Crippen molar-refractivity contribution < 1.29 is 9.90 Å². The molecule has 0 saturated heterocycles. The maximum Gasteiger partial charge on any atom is 0.341 e. The summed E-state index contributed by atoms with van der Waals surface area (Å²) < 4.78 is 1.87. The Labute approximate surface area is 121 Å². The summed E-state index contributed by atoms with van der Waals surface area (Å²) in [6.07, 6.45) is 1.45. The van der Waals surface area contributed by atoms with Gasteiger partial charge in [0.05, 0.1) is 17.8 Å². The van der Waals surface area contributed by atoms with E-state index in [9.17, 15) is 9.59 Å². The van der Waals surface area contributed by atoms with E-state index in [1.807, 2.05) is 42.8 Å². The molecule has 1 aliphatic rings. The van der Waals surface area contributed by atoms with E-state index in [0.717, 1.165) is 16.8 Å². The summed E-state index contributed by atoms with van der Waals surface area (Å²) in [5.41, 5.74) is 2.19. The number of fused-ring (bicyclic) bond motifs is 3. The standard InChI is InChI=1S/C16H16N2O3/c1-9-15(17-2)11-6-4-3-5-10(11)13-7-14(19)12(16(20)21)8-18(9)13/h3-9,15,17H,1-2H3,(H,20,21). The molecule has 5 nitrogen and oxygen atoms in total. The minimum atomic E-state index is -1.19. The molecule has 21 heavy (non-hydrogen) atoms. The second-order valence-electron chi connectivity index (χ2n) is 5.24. The number of carbonyl (C=O) groups is 1. The van der Waals surface area contributed by atoms with Crippen LogP contribution in [-0.4, -0.2) is 22.7 Å². The summed E-state index contributed by atoms with van der Waals surface area (Å²) in [7, 11) is 1.88. The monoisotopic (exact) mass is 284 g/mol. The molecule has 2 aromatic rings. The third-order valence-corrected chi connectivity index (χ3v) is 4.11. The minimum absolute atomic E-state index is 0.0126. The molecule has 2 heterocycles. The molecule has 0 amide bonds. The number of likely N-dealkylation sites (N-methyl/N-ethyl adjacent to an activating group) is 1. The Morgan fingerprint density at radius 2 is 2.05 bits per heavy atom. The van der Waals surface area contributed by atoms with Gasteiger partial charge in [0, 0.05) is 17.8 Å². The van der Waals surface area contributed by atoms with E-state index in [2.05, 4.69) is 5.32 Å². The SMILES string of the molecule is CNC1c2ccccc2-c2cc(=O)c(C(=O)O)cn2C1C. The first-order valence-electron chi connectivity index (χ1n) is 6.80. The Morgan fingerprint density at radius 3 is 2.71 bits per heavy atom. The number of nitrogens with zero attached hydrogens (tertiary/aromatic N) is 1. The highest BCUT2D eigenvalue weighted by molar-refractivity contribution is 5.87. The second kappa shape index (κ2) is 4.86. The Hall–Kier alpha value is -2.40. The van der Waals surface area contributed by atoms with Gasteiger partial charge in [0.2, 0.25) is 0 Å². The van der Waals surface area contributed by atoms with E-state index in [0.29, 0.717) is 0 Å². The summed E-state index contributed by atoms with van der Waals surface area (Å²) in [4.78, 5) is 23.2. The summed E-state index contributed by atoms with van der Waals surface area (Å²) in [6.45, 7) is 2.01. The Kier molecular flexibility index (Phi) is 3.14. The molecule has 0 aliphatic carbocycles. The van der Waals surface area contributed by atoms with E-state index in [4.69, 9.17) is 5.11 Å². The molecule has 1 aromatic carbocycles. The number of carboxylic acids is 1. The molecule has 1 aliphatic heterocycles. The number of rotatable bonds is 2. The number of aromatic carboxylic acids is 1. The summed E-state index contributed by atoms with van der Waals surface area (Å²) in [5.74, 6) is -1.19. The lowest BCUT2D eigenvalue weighted by Crippen LogP contribution is -2.32. The molecule has 2 N–H and O–H groups in total. The van der Waals surface area contributed by atoms with Crippen molar-refractivity contribution in [3.63, 3.8) is 0 Å². The molecule has 0 spiro atoms. The first kappa shape index (κ1) is 13.6. The van der Waals surface area contributed by atoms with Crippen molar-refractivity contribution in [1.29, 1.82) is 0 Å². The van der Waals surface area contributed by atoms with Crippen LogP contribution < -0.4 is 10.7 Å². The third kappa shape index (κ3) is 1.97. The third-order valence-electron chi connectivity index (χ3n) is 4.11. The van der Waals surface area contributed by atoms with Crippen molar-refractivity contribution in [3.05, 3.63) is 57.9 Å². The zero-order valence-electron chi connectivity index (χ0n) is 11.8. The molecular weight excluding hydrogens is 268 g/mol. The molecule has 2 unspecified atom stereocenters. The number of hydrogen-bond donors (Lipinski definition) is 2. The first-order chi connectivity index (χ1) is 10.0. The second-order valence-corrected chi connectivity index (χ2v) is 5.24. The fraction of sp³-hybridized carbons (Fsp3) is 0.250. The van der Waals surface area contributed by atoms with Crippen LogP contribution in [0.2, 0.25) is 0 Å². The number of pyridine rings is 1. The van der Waals surface area contributed by atoms with Crippen LogP contribution in [0.4, 0.5) is 0 Å². The molecule has 0 fully saturated rings. The predicted molar refractivity (Wildman–Crippen MR) is 79.6 cm³/mol. The van der Waals surface area contributed by atoms with Crippen LogP contribution in [0.1, 0.15) is 34.9 Å². The lowest BCUT2D eigenvalue weighted by atomic mass is 9.89. The first-order valence-corrected chi connectivity index (χ1v) is 6.80. The molecule has 2 atom stereocenters. The van der Waals surface area contributed by atoms with Gasteiger partial charge in [-0.3, -0.25) is 4.79 Å². The fourth-order valence-corrected chi connectivity index (χ4v) is 3.08. The van der Waals surface area contributed by atoms with Gasteiger partial charge in [-0.2, -0.15) is 0 Å². The molecular formula is C16H16N2O3. The molecule has 5 heteroatoms. The predicted octanol–water partition coefficient (Wildman–Crippen LogP) is 2.05. The van der Waals surface area contributed by atoms with Gasteiger partial charge in [0.1, 0.15) is 5.56 Å². The van der Waals surface area contributed by atoms with Crippen molar-refractivity contribution in [3.8, 4) is 11.3 Å². The molecule has 0 radical (unpaired) electrons. The van der Waals surface area contributed by atoms with Crippen LogP contribution in [0.25, 0.3) is 11.3 Å². The van der Waals surface area contributed by atoms with Crippen LogP contribution in [0, 0.1) is 0 Å². The average Bonchev–Trinajstić information content (AvgIpc) is 2.47. The number of hydrogen-bond acceptors (Lipinski definition) is 3. The smallest absolute Gasteiger partial charge is 0.341 e. The molecule has 0 bridgehead atoms. The van der Waals surface area contributed by atoms with Crippen molar-refractivity contribution in [2.75, 3.05) is 7.05 Å². The van der Waals surface area contributed by atoms with Crippen LogP contribution >= 0.6 is 0 Å². The molecule has 108 valence electrons. The van der Waals surface area contributed by atoms with Crippen molar-refractivity contribution in [2.24, 2.45) is 0 Å². The maximum absolute atomic E-state index is 12.0. The van der Waals surface area contributed by atoms with Gasteiger partial charge in [-0.25, -0.2) is 4.79 Å². The van der Waals surface area contributed by atoms with Crippen LogP contribution in [-0.2, 0) is 0 Å². The number of benzene rings is 1. The van der Waals surface area contributed by atoms with Crippen LogP contribution in [0.3, 0.4) is 0 Å². The quantitative estimate of drug-likeness (QED) is 0.885. The van der Waals surface area contributed by atoms with Gasteiger partial charge in [-0.1, -0.05) is 24.3 Å². The van der Waals surface area contributed by atoms with Gasteiger partial charge in [0.25, 0.3) is 0 Å². The Bertz CT molecular complexity index is 779. The zero-order valence-corrected chi connectivity index (χ0v) is 11.8. The van der Waals surface area contributed by atoms with Gasteiger partial charge >= 0.3 is 5.97 Å². The van der Waals surface area contributed by atoms with Gasteiger partial charge in [0.15, 0.2) is 5.43 Å². The Balaban J connectivity index is 2.33. The maximum atomic E-state index is 12.0. The van der Waals surface area contributed by atoms with Gasteiger partial charge in [-0.05, 0) is 19.5 Å². The summed E-state index contributed by atoms with van der Waals surface area (Å²) in [5, 5.41) is 12.4. The fourth-order valence-electron chi connectivity index (χ4n) is 3.08. The van der Waals surface area contributed by atoms with Crippen LogP contribution in [0.15, 0.2) is 41.3 Å². The molecule has 3 rings (SSSR count). The van der Waals surface area contributed by atoms with Crippen molar-refractivity contribution in [1.82, 2.24) is 9.88 Å².